The van der Waals surface area contributed by atoms with Crippen molar-refractivity contribution in [2.45, 2.75) is 32.2 Å². The van der Waals surface area contributed by atoms with Gasteiger partial charge in [0.25, 0.3) is 0 Å². The Balaban J connectivity index is 1.50. The van der Waals surface area contributed by atoms with E-state index >= 15 is 0 Å². The van der Waals surface area contributed by atoms with Crippen LogP contribution >= 0.6 is 0 Å². The van der Waals surface area contributed by atoms with Crippen molar-refractivity contribution in [1.82, 2.24) is 24.9 Å². The maximum absolute atomic E-state index is 6.49. The molecule has 7 heteroatoms. The van der Waals surface area contributed by atoms with Gasteiger partial charge in [0, 0.05) is 65.2 Å². The number of hydrogen-bond acceptors (Lipinski definition) is 7. The topological polar surface area (TPSA) is 93.7 Å². The van der Waals surface area contributed by atoms with Crippen LogP contribution in [0, 0.1) is 0 Å². The minimum absolute atomic E-state index is 0.524. The zero-order chi connectivity index (χ0) is 25.7. The standard InChI is InChI=1S/C30H29N7/c1-3-30(31,4-2)28-33-17-23(18-34-28)27-21-32-16-15-26(27)22-19-35-29(36-20-22)37(24-11-7-5-8-12-24)25-13-9-6-10-14-25/h5-21H,3-4,31H2,1-2H3. The van der Waals surface area contributed by atoms with Crippen LogP contribution in [-0.2, 0) is 5.54 Å². The molecule has 0 atom stereocenters. The van der Waals surface area contributed by atoms with Gasteiger partial charge in [0.05, 0.1) is 5.54 Å². The van der Waals surface area contributed by atoms with E-state index < -0.39 is 5.54 Å². The highest BCUT2D eigenvalue weighted by Gasteiger charge is 2.26. The molecule has 2 aromatic carbocycles. The predicted octanol–water partition coefficient (Wildman–Crippen LogP) is 6.44. The molecule has 37 heavy (non-hydrogen) atoms. The Morgan fingerprint density at radius 3 is 1.70 bits per heavy atom. The monoisotopic (exact) mass is 487 g/mol. The normalized spacial score (nSPS) is 11.3. The third-order valence-corrected chi connectivity index (χ3v) is 6.67. The Morgan fingerprint density at radius 2 is 1.16 bits per heavy atom. The molecule has 0 bridgehead atoms. The van der Waals surface area contributed by atoms with Gasteiger partial charge in [0.15, 0.2) is 0 Å². The Bertz CT molecular complexity index is 1390. The Hall–Kier alpha value is -4.49. The van der Waals surface area contributed by atoms with Gasteiger partial charge in [-0.15, -0.1) is 0 Å². The van der Waals surface area contributed by atoms with Gasteiger partial charge in [0.2, 0.25) is 5.95 Å². The van der Waals surface area contributed by atoms with E-state index in [4.69, 9.17) is 15.7 Å². The maximum Gasteiger partial charge on any atom is 0.234 e. The highest BCUT2D eigenvalue weighted by Crippen LogP contribution is 2.34. The molecule has 0 saturated carbocycles. The molecular formula is C30H29N7. The molecule has 0 saturated heterocycles. The summed E-state index contributed by atoms with van der Waals surface area (Å²) in [7, 11) is 0. The number of aromatic nitrogens is 5. The van der Waals surface area contributed by atoms with Crippen LogP contribution in [0.2, 0.25) is 0 Å². The van der Waals surface area contributed by atoms with Crippen molar-refractivity contribution in [3.63, 3.8) is 0 Å². The summed E-state index contributed by atoms with van der Waals surface area (Å²) in [5.41, 5.74) is 11.5. The first kappa shape index (κ1) is 24.2. The minimum atomic E-state index is -0.524. The molecule has 0 radical (unpaired) electrons. The van der Waals surface area contributed by atoms with Crippen molar-refractivity contribution < 1.29 is 0 Å². The molecule has 0 unspecified atom stereocenters. The van der Waals surface area contributed by atoms with E-state index in [0.717, 1.165) is 46.5 Å². The van der Waals surface area contributed by atoms with Crippen molar-refractivity contribution in [2.24, 2.45) is 5.73 Å². The van der Waals surface area contributed by atoms with E-state index in [0.29, 0.717) is 11.8 Å². The molecular weight excluding hydrogens is 458 g/mol. The lowest BCUT2D eigenvalue weighted by molar-refractivity contribution is 0.387. The van der Waals surface area contributed by atoms with Crippen LogP contribution in [0.25, 0.3) is 22.3 Å². The first-order valence-corrected chi connectivity index (χ1v) is 12.4. The van der Waals surface area contributed by atoms with Crippen LogP contribution in [0.15, 0.2) is 104 Å². The van der Waals surface area contributed by atoms with Gasteiger partial charge >= 0.3 is 0 Å². The highest BCUT2D eigenvalue weighted by molar-refractivity contribution is 5.82. The fourth-order valence-corrected chi connectivity index (χ4v) is 4.28. The van der Waals surface area contributed by atoms with Gasteiger partial charge in [-0.3, -0.25) is 9.88 Å². The number of rotatable bonds is 8. The average Bonchev–Trinajstić information content (AvgIpc) is 2.98. The largest absolute Gasteiger partial charge is 0.319 e. The van der Waals surface area contributed by atoms with E-state index in [1.54, 1.807) is 6.20 Å². The number of nitrogens with zero attached hydrogens (tertiary/aromatic N) is 6. The van der Waals surface area contributed by atoms with Crippen molar-refractivity contribution in [3.8, 4) is 22.3 Å². The zero-order valence-electron chi connectivity index (χ0n) is 21.0. The second kappa shape index (κ2) is 10.6. The first-order valence-electron chi connectivity index (χ1n) is 12.4. The van der Waals surface area contributed by atoms with Crippen LogP contribution in [-0.4, -0.2) is 24.9 Å². The maximum atomic E-state index is 6.49. The van der Waals surface area contributed by atoms with E-state index in [1.807, 2.05) is 103 Å². The summed E-state index contributed by atoms with van der Waals surface area (Å²) in [6.45, 7) is 4.11. The molecule has 0 aliphatic rings. The Kier molecular flexibility index (Phi) is 6.96. The number of pyridine rings is 1. The van der Waals surface area contributed by atoms with Gasteiger partial charge in [-0.1, -0.05) is 50.2 Å². The van der Waals surface area contributed by atoms with E-state index in [1.165, 1.54) is 0 Å². The van der Waals surface area contributed by atoms with Gasteiger partial charge in [-0.2, -0.15) is 0 Å². The summed E-state index contributed by atoms with van der Waals surface area (Å²) in [4.78, 5) is 25.1. The highest BCUT2D eigenvalue weighted by atomic mass is 15.3. The summed E-state index contributed by atoms with van der Waals surface area (Å²) in [6, 6.07) is 22.1. The summed E-state index contributed by atoms with van der Waals surface area (Å²) in [6.07, 6.45) is 12.4. The minimum Gasteiger partial charge on any atom is -0.319 e. The van der Waals surface area contributed by atoms with Crippen molar-refractivity contribution in [1.29, 1.82) is 0 Å². The van der Waals surface area contributed by atoms with E-state index in [9.17, 15) is 0 Å². The molecule has 0 fully saturated rings. The molecule has 0 aliphatic heterocycles. The molecule has 7 nitrogen and oxygen atoms in total. The van der Waals surface area contributed by atoms with Gasteiger partial charge in [-0.25, -0.2) is 19.9 Å². The number of para-hydroxylation sites is 2. The molecule has 2 N–H and O–H groups in total. The lowest BCUT2D eigenvalue weighted by atomic mass is 9.93. The van der Waals surface area contributed by atoms with Crippen molar-refractivity contribution in [3.05, 3.63) is 110 Å². The third kappa shape index (κ3) is 4.94. The molecule has 0 aliphatic carbocycles. The van der Waals surface area contributed by atoms with Gasteiger partial charge < -0.3 is 5.73 Å². The molecule has 5 rings (SSSR count). The van der Waals surface area contributed by atoms with Crippen LogP contribution in [0.1, 0.15) is 32.5 Å². The fraction of sp³-hybridized carbons (Fsp3) is 0.167. The number of anilines is 3. The van der Waals surface area contributed by atoms with Crippen molar-refractivity contribution >= 4 is 17.3 Å². The Labute approximate surface area is 217 Å². The quantitative estimate of drug-likeness (QED) is 0.269. The molecule has 3 heterocycles. The summed E-state index contributed by atoms with van der Waals surface area (Å²) in [5.74, 6) is 1.24. The molecule has 0 spiro atoms. The zero-order valence-corrected chi connectivity index (χ0v) is 21.0. The number of hydrogen-bond donors (Lipinski definition) is 1. The number of benzene rings is 2. The van der Waals surface area contributed by atoms with Gasteiger partial charge in [-0.05, 0) is 48.7 Å². The van der Waals surface area contributed by atoms with Crippen LogP contribution < -0.4 is 10.6 Å². The molecule has 184 valence electrons. The second-order valence-corrected chi connectivity index (χ2v) is 8.86. The van der Waals surface area contributed by atoms with Gasteiger partial charge in [0.1, 0.15) is 5.82 Å². The molecule has 5 aromatic rings. The molecule has 0 amide bonds. The van der Waals surface area contributed by atoms with Crippen LogP contribution in [0.4, 0.5) is 17.3 Å². The summed E-state index contributed by atoms with van der Waals surface area (Å²) < 4.78 is 0. The second-order valence-electron chi connectivity index (χ2n) is 8.86. The summed E-state index contributed by atoms with van der Waals surface area (Å²) in [5, 5.41) is 0. The van der Waals surface area contributed by atoms with Crippen LogP contribution in [0.5, 0.6) is 0 Å². The Morgan fingerprint density at radius 1 is 0.649 bits per heavy atom. The number of nitrogens with two attached hydrogens (primary N) is 1. The first-order chi connectivity index (χ1) is 18.1. The average molecular weight is 488 g/mol. The lowest BCUT2D eigenvalue weighted by Crippen LogP contribution is -2.37. The van der Waals surface area contributed by atoms with E-state index in [2.05, 4.69) is 28.8 Å². The smallest absolute Gasteiger partial charge is 0.234 e. The lowest BCUT2D eigenvalue weighted by Gasteiger charge is -2.24. The predicted molar refractivity (Wildman–Crippen MR) is 147 cm³/mol. The molecule has 3 aromatic heterocycles. The van der Waals surface area contributed by atoms with Crippen LogP contribution in [0.3, 0.4) is 0 Å². The van der Waals surface area contributed by atoms with Crippen molar-refractivity contribution in [2.75, 3.05) is 4.90 Å². The summed E-state index contributed by atoms with van der Waals surface area (Å²) >= 11 is 0. The third-order valence-electron chi connectivity index (χ3n) is 6.67. The SMILES string of the molecule is CCC(N)(CC)c1ncc(-c2cnccc2-c2cnc(N(c3ccccc3)c3ccccc3)nc2)cn1. The fourth-order valence-electron chi connectivity index (χ4n) is 4.28. The van der Waals surface area contributed by atoms with E-state index in [-0.39, 0.29) is 0 Å².